The third-order valence-electron chi connectivity index (χ3n) is 2.98. The number of nitrogens with zero attached hydrogens (tertiary/aromatic N) is 1. The maximum atomic E-state index is 12.0. The van der Waals surface area contributed by atoms with Gasteiger partial charge in [-0.15, -0.1) is 0 Å². The monoisotopic (exact) mass is 274 g/mol. The fourth-order valence-electron chi connectivity index (χ4n) is 1.83. The minimum atomic E-state index is -0.479. The van der Waals surface area contributed by atoms with E-state index in [1.54, 1.807) is 25.1 Å². The highest BCUT2D eigenvalue weighted by atomic mass is 16.6. The van der Waals surface area contributed by atoms with Crippen LogP contribution in [0.4, 0.5) is 11.4 Å². The first-order chi connectivity index (χ1) is 9.52. The molecule has 104 valence electrons. The Kier molecular flexibility index (Phi) is 3.84. The third-order valence-corrected chi connectivity index (χ3v) is 2.98. The minimum Gasteiger partial charge on any atom is -0.456 e. The predicted octanol–water partition coefficient (Wildman–Crippen LogP) is 3.31. The summed E-state index contributed by atoms with van der Waals surface area (Å²) in [5.74, 6) is 0.479. The standard InChI is InChI=1S/C14H14N2O4/c1-3-10-7-8-13(20-10)14(17)15-11-5-4-6-12(9(11)2)16(18)19/h4-8H,3H2,1-2H3,(H,15,17). The Morgan fingerprint density at radius 3 is 2.70 bits per heavy atom. The average Bonchev–Trinajstić information content (AvgIpc) is 2.89. The van der Waals surface area contributed by atoms with Gasteiger partial charge in [0.15, 0.2) is 5.76 Å². The number of carbonyl (C=O) groups is 1. The van der Waals surface area contributed by atoms with E-state index in [1.807, 2.05) is 6.92 Å². The van der Waals surface area contributed by atoms with E-state index in [2.05, 4.69) is 5.32 Å². The van der Waals surface area contributed by atoms with Crippen LogP contribution in [0.2, 0.25) is 0 Å². The Morgan fingerprint density at radius 2 is 2.10 bits per heavy atom. The minimum absolute atomic E-state index is 0.0310. The molecule has 0 saturated carbocycles. The van der Waals surface area contributed by atoms with Crippen molar-refractivity contribution < 1.29 is 14.1 Å². The number of benzene rings is 1. The Morgan fingerprint density at radius 1 is 1.35 bits per heavy atom. The number of amides is 1. The Balaban J connectivity index is 2.24. The molecule has 0 aliphatic heterocycles. The van der Waals surface area contributed by atoms with Crippen molar-refractivity contribution in [3.8, 4) is 0 Å². The maximum Gasteiger partial charge on any atom is 0.291 e. The van der Waals surface area contributed by atoms with Crippen LogP contribution in [0.5, 0.6) is 0 Å². The summed E-state index contributed by atoms with van der Waals surface area (Å²) < 4.78 is 5.34. The van der Waals surface area contributed by atoms with Crippen molar-refractivity contribution >= 4 is 17.3 Å². The molecule has 0 fully saturated rings. The molecular weight excluding hydrogens is 260 g/mol. The number of furan rings is 1. The molecule has 0 saturated heterocycles. The lowest BCUT2D eigenvalue weighted by molar-refractivity contribution is -0.385. The second kappa shape index (κ2) is 5.56. The van der Waals surface area contributed by atoms with Crippen molar-refractivity contribution in [2.75, 3.05) is 5.32 Å². The fourth-order valence-corrected chi connectivity index (χ4v) is 1.83. The Hall–Kier alpha value is -2.63. The summed E-state index contributed by atoms with van der Waals surface area (Å²) in [6, 6.07) is 7.85. The molecule has 0 aliphatic rings. The van der Waals surface area contributed by atoms with Gasteiger partial charge in [0.2, 0.25) is 0 Å². The highest BCUT2D eigenvalue weighted by molar-refractivity contribution is 6.02. The molecule has 6 nitrogen and oxygen atoms in total. The molecule has 0 atom stereocenters. The largest absolute Gasteiger partial charge is 0.456 e. The van der Waals surface area contributed by atoms with Crippen molar-refractivity contribution in [3.63, 3.8) is 0 Å². The SMILES string of the molecule is CCc1ccc(C(=O)Nc2cccc([N+](=O)[O-])c2C)o1. The Labute approximate surface area is 115 Å². The fraction of sp³-hybridized carbons (Fsp3) is 0.214. The van der Waals surface area contributed by atoms with Crippen molar-refractivity contribution in [3.05, 3.63) is 57.5 Å². The quantitative estimate of drug-likeness (QED) is 0.684. The summed E-state index contributed by atoms with van der Waals surface area (Å²) in [4.78, 5) is 22.4. The first kappa shape index (κ1) is 13.8. The normalized spacial score (nSPS) is 10.3. The molecule has 1 amide bonds. The van der Waals surface area contributed by atoms with Gasteiger partial charge in [-0.3, -0.25) is 14.9 Å². The molecular formula is C14H14N2O4. The van der Waals surface area contributed by atoms with Crippen LogP contribution < -0.4 is 5.32 Å². The van der Waals surface area contributed by atoms with E-state index in [1.165, 1.54) is 12.1 Å². The lowest BCUT2D eigenvalue weighted by Crippen LogP contribution is -2.12. The highest BCUT2D eigenvalue weighted by Crippen LogP contribution is 2.25. The van der Waals surface area contributed by atoms with Crippen molar-refractivity contribution in [2.45, 2.75) is 20.3 Å². The van der Waals surface area contributed by atoms with Crippen LogP contribution in [-0.2, 0) is 6.42 Å². The predicted molar refractivity (Wildman–Crippen MR) is 73.9 cm³/mol. The summed E-state index contributed by atoms with van der Waals surface area (Å²) in [6.45, 7) is 3.51. The van der Waals surface area contributed by atoms with E-state index in [9.17, 15) is 14.9 Å². The van der Waals surface area contributed by atoms with Gasteiger partial charge in [-0.1, -0.05) is 13.0 Å². The first-order valence-electron chi connectivity index (χ1n) is 6.17. The van der Waals surface area contributed by atoms with Crippen LogP contribution >= 0.6 is 0 Å². The molecule has 0 aliphatic carbocycles. The Bertz CT molecular complexity index is 661. The molecule has 0 radical (unpaired) electrons. The van der Waals surface area contributed by atoms with Gasteiger partial charge in [-0.2, -0.15) is 0 Å². The first-order valence-corrected chi connectivity index (χ1v) is 6.17. The van der Waals surface area contributed by atoms with E-state index in [4.69, 9.17) is 4.42 Å². The molecule has 2 rings (SSSR count). The van der Waals surface area contributed by atoms with Crippen LogP contribution in [0, 0.1) is 17.0 Å². The number of nitro benzene ring substituents is 1. The van der Waals surface area contributed by atoms with Gasteiger partial charge in [0.05, 0.1) is 16.2 Å². The maximum absolute atomic E-state index is 12.0. The molecule has 20 heavy (non-hydrogen) atoms. The molecule has 1 heterocycles. The number of nitrogens with one attached hydrogen (secondary N) is 1. The van der Waals surface area contributed by atoms with Gasteiger partial charge in [0.25, 0.3) is 11.6 Å². The molecule has 1 aromatic carbocycles. The summed E-state index contributed by atoms with van der Waals surface area (Å²) in [5.41, 5.74) is 0.781. The van der Waals surface area contributed by atoms with Gasteiger partial charge in [0.1, 0.15) is 5.76 Å². The number of aryl methyl sites for hydroxylation is 1. The smallest absolute Gasteiger partial charge is 0.291 e. The third kappa shape index (κ3) is 2.69. The topological polar surface area (TPSA) is 85.4 Å². The molecule has 0 spiro atoms. The second-order valence-electron chi connectivity index (χ2n) is 4.28. The molecule has 2 aromatic rings. The zero-order valence-electron chi connectivity index (χ0n) is 11.2. The number of nitro groups is 1. The summed E-state index contributed by atoms with van der Waals surface area (Å²) >= 11 is 0. The van der Waals surface area contributed by atoms with E-state index in [0.717, 1.165) is 0 Å². The van der Waals surface area contributed by atoms with Crippen LogP contribution in [-0.4, -0.2) is 10.8 Å². The number of anilines is 1. The van der Waals surface area contributed by atoms with Crippen LogP contribution in [0.15, 0.2) is 34.7 Å². The molecule has 1 aromatic heterocycles. The number of rotatable bonds is 4. The van der Waals surface area contributed by atoms with E-state index < -0.39 is 10.8 Å². The van der Waals surface area contributed by atoms with Gasteiger partial charge in [-0.25, -0.2) is 0 Å². The zero-order chi connectivity index (χ0) is 14.7. The number of hydrogen-bond donors (Lipinski definition) is 1. The van der Waals surface area contributed by atoms with Gasteiger partial charge in [0, 0.05) is 12.5 Å². The van der Waals surface area contributed by atoms with Gasteiger partial charge in [-0.05, 0) is 25.1 Å². The summed E-state index contributed by atoms with van der Waals surface area (Å²) in [5, 5.41) is 13.5. The van der Waals surface area contributed by atoms with Crippen LogP contribution in [0.1, 0.15) is 28.8 Å². The molecule has 0 unspecified atom stereocenters. The zero-order valence-corrected chi connectivity index (χ0v) is 11.2. The lowest BCUT2D eigenvalue weighted by atomic mass is 10.1. The van der Waals surface area contributed by atoms with Crippen molar-refractivity contribution in [2.24, 2.45) is 0 Å². The molecule has 6 heteroatoms. The lowest BCUT2D eigenvalue weighted by Gasteiger charge is -2.07. The molecule has 0 bridgehead atoms. The summed E-state index contributed by atoms with van der Waals surface area (Å²) in [7, 11) is 0. The number of carbonyl (C=O) groups excluding carboxylic acids is 1. The van der Waals surface area contributed by atoms with E-state index in [0.29, 0.717) is 23.4 Å². The van der Waals surface area contributed by atoms with Crippen LogP contribution in [0.25, 0.3) is 0 Å². The van der Waals surface area contributed by atoms with Crippen LogP contribution in [0.3, 0.4) is 0 Å². The van der Waals surface area contributed by atoms with E-state index >= 15 is 0 Å². The van der Waals surface area contributed by atoms with E-state index in [-0.39, 0.29) is 11.4 Å². The van der Waals surface area contributed by atoms with Crippen molar-refractivity contribution in [1.29, 1.82) is 0 Å². The van der Waals surface area contributed by atoms with Crippen molar-refractivity contribution in [1.82, 2.24) is 0 Å². The number of hydrogen-bond acceptors (Lipinski definition) is 4. The second-order valence-corrected chi connectivity index (χ2v) is 4.28. The average molecular weight is 274 g/mol. The van der Waals surface area contributed by atoms with Gasteiger partial charge >= 0.3 is 0 Å². The molecule has 1 N–H and O–H groups in total. The summed E-state index contributed by atoms with van der Waals surface area (Å²) in [6.07, 6.45) is 0.698. The van der Waals surface area contributed by atoms with Gasteiger partial charge < -0.3 is 9.73 Å². The highest BCUT2D eigenvalue weighted by Gasteiger charge is 2.17.